The topological polar surface area (TPSA) is 54.5 Å². The van der Waals surface area contributed by atoms with Crippen LogP contribution in [0.3, 0.4) is 0 Å². The summed E-state index contributed by atoms with van der Waals surface area (Å²) in [5.41, 5.74) is 1.01. The third kappa shape index (κ3) is 2.73. The van der Waals surface area contributed by atoms with Crippen LogP contribution in [0.2, 0.25) is 0 Å². The van der Waals surface area contributed by atoms with Crippen LogP contribution in [0.4, 0.5) is 5.13 Å². The van der Waals surface area contributed by atoms with Crippen LogP contribution >= 0.6 is 11.3 Å². The molecule has 0 aliphatic carbocycles. The Labute approximate surface area is 123 Å². The minimum Gasteiger partial charge on any atom is -0.373 e. The van der Waals surface area contributed by atoms with Gasteiger partial charge < -0.3 is 10.1 Å². The number of aromatic nitrogens is 1. The maximum atomic E-state index is 11.5. The molecule has 110 valence electrons. The lowest BCUT2D eigenvalue weighted by Gasteiger charge is -2.19. The van der Waals surface area contributed by atoms with E-state index in [0.717, 1.165) is 23.8 Å². The number of anilines is 1. The lowest BCUT2D eigenvalue weighted by atomic mass is 9.95. The second-order valence-corrected chi connectivity index (χ2v) is 6.32. The molecule has 6 heteroatoms. The van der Waals surface area contributed by atoms with E-state index < -0.39 is 0 Å². The zero-order valence-electron chi connectivity index (χ0n) is 12.0. The highest BCUT2D eigenvalue weighted by Gasteiger charge is 2.40. The van der Waals surface area contributed by atoms with Crippen molar-refractivity contribution in [3.63, 3.8) is 0 Å². The van der Waals surface area contributed by atoms with E-state index in [1.165, 1.54) is 24.2 Å². The Hall–Kier alpha value is -0.980. The van der Waals surface area contributed by atoms with E-state index in [-0.39, 0.29) is 5.91 Å². The third-order valence-electron chi connectivity index (χ3n) is 4.12. The van der Waals surface area contributed by atoms with Crippen LogP contribution in [0.1, 0.15) is 38.8 Å². The van der Waals surface area contributed by atoms with Crippen LogP contribution in [-0.2, 0) is 16.1 Å². The van der Waals surface area contributed by atoms with Gasteiger partial charge in [-0.05, 0) is 26.2 Å². The summed E-state index contributed by atoms with van der Waals surface area (Å²) in [5, 5.41) is 6.37. The number of ether oxygens (including phenoxy) is 1. The van der Waals surface area contributed by atoms with Crippen LogP contribution in [0.25, 0.3) is 0 Å². The molecule has 20 heavy (non-hydrogen) atoms. The number of amides is 1. The lowest BCUT2D eigenvalue weighted by Crippen LogP contribution is -2.37. The highest BCUT2D eigenvalue weighted by atomic mass is 32.1. The monoisotopic (exact) mass is 295 g/mol. The predicted octanol–water partition coefficient (Wildman–Crippen LogP) is 1.93. The summed E-state index contributed by atoms with van der Waals surface area (Å²) in [4.78, 5) is 17.7. The summed E-state index contributed by atoms with van der Waals surface area (Å²) in [6.45, 7) is 4.96. The highest BCUT2D eigenvalue weighted by molar-refractivity contribution is 7.14. The van der Waals surface area contributed by atoms with Crippen LogP contribution < -0.4 is 10.2 Å². The van der Waals surface area contributed by atoms with Crippen LogP contribution in [-0.4, -0.2) is 35.7 Å². The van der Waals surface area contributed by atoms with Crippen molar-refractivity contribution >= 4 is 22.4 Å². The largest absolute Gasteiger partial charge is 0.373 e. The molecule has 1 aromatic rings. The second-order valence-electron chi connectivity index (χ2n) is 5.48. The highest BCUT2D eigenvalue weighted by Crippen LogP contribution is 2.34. The van der Waals surface area contributed by atoms with Gasteiger partial charge in [0.2, 0.25) is 5.91 Å². The van der Waals surface area contributed by atoms with Gasteiger partial charge in [0.15, 0.2) is 5.13 Å². The van der Waals surface area contributed by atoms with Crippen molar-refractivity contribution in [1.29, 1.82) is 0 Å². The van der Waals surface area contributed by atoms with Crippen molar-refractivity contribution in [3.8, 4) is 0 Å². The van der Waals surface area contributed by atoms with E-state index in [0.29, 0.717) is 24.8 Å². The van der Waals surface area contributed by atoms with Gasteiger partial charge in [0.05, 0.1) is 17.9 Å². The molecule has 2 fully saturated rings. The first-order valence-corrected chi connectivity index (χ1v) is 8.16. The van der Waals surface area contributed by atoms with Crippen molar-refractivity contribution < 1.29 is 9.53 Å². The van der Waals surface area contributed by atoms with Crippen LogP contribution in [0, 0.1) is 0 Å². The maximum absolute atomic E-state index is 11.5. The Balaban J connectivity index is 1.56. The Kier molecular flexibility index (Phi) is 4.05. The fourth-order valence-electron chi connectivity index (χ4n) is 3.08. The first-order chi connectivity index (χ1) is 9.67. The normalized spacial score (nSPS) is 28.0. The van der Waals surface area contributed by atoms with Gasteiger partial charge in [-0.1, -0.05) is 0 Å². The van der Waals surface area contributed by atoms with Crippen molar-refractivity contribution in [3.05, 3.63) is 11.1 Å². The molecule has 0 saturated carbocycles. The van der Waals surface area contributed by atoms with E-state index in [9.17, 15) is 4.79 Å². The molecule has 3 rings (SSSR count). The molecule has 3 atom stereocenters. The van der Waals surface area contributed by atoms with Crippen molar-refractivity contribution in [1.82, 2.24) is 10.3 Å². The number of rotatable bonds is 5. The van der Waals surface area contributed by atoms with E-state index in [4.69, 9.17) is 4.74 Å². The van der Waals surface area contributed by atoms with Gasteiger partial charge >= 0.3 is 0 Å². The molecular formula is C14H21N3O2S. The Bertz CT molecular complexity index is 491. The fraction of sp³-hybridized carbons (Fsp3) is 0.714. The van der Waals surface area contributed by atoms with Gasteiger partial charge in [0.25, 0.3) is 0 Å². The summed E-state index contributed by atoms with van der Waals surface area (Å²) in [6, 6.07) is 0.467. The summed E-state index contributed by atoms with van der Waals surface area (Å²) in [5.74, 6) is 0.0443. The summed E-state index contributed by atoms with van der Waals surface area (Å²) >= 11 is 1.53. The van der Waals surface area contributed by atoms with Crippen molar-refractivity contribution in [2.24, 2.45) is 0 Å². The third-order valence-corrected chi connectivity index (χ3v) is 5.03. The van der Waals surface area contributed by atoms with E-state index >= 15 is 0 Å². The number of carbonyl (C=O) groups is 1. The molecular weight excluding hydrogens is 274 g/mol. The molecule has 0 radical (unpaired) electrons. The Morgan fingerprint density at radius 3 is 3.05 bits per heavy atom. The lowest BCUT2D eigenvalue weighted by molar-refractivity contribution is -0.116. The molecule has 0 unspecified atom stereocenters. The molecule has 2 saturated heterocycles. The Morgan fingerprint density at radius 1 is 1.60 bits per heavy atom. The molecule has 2 bridgehead atoms. The zero-order chi connectivity index (χ0) is 14.1. The predicted molar refractivity (Wildman–Crippen MR) is 79.0 cm³/mol. The van der Waals surface area contributed by atoms with Gasteiger partial charge in [0.1, 0.15) is 0 Å². The molecule has 0 aromatic carbocycles. The molecule has 0 spiro atoms. The number of hydrogen-bond donors (Lipinski definition) is 1. The first kappa shape index (κ1) is 14.0. The van der Waals surface area contributed by atoms with Crippen molar-refractivity contribution in [2.45, 2.75) is 57.9 Å². The minimum absolute atomic E-state index is 0.0443. The van der Waals surface area contributed by atoms with E-state index in [1.54, 1.807) is 11.8 Å². The standard InChI is InChI=1S/C14H21N3O2S/c1-3-17(9(2)18)14-16-10(8-20-14)7-15-12-6-11-4-5-13(12)19-11/h8,11-13,15H,3-7H2,1-2H3/t11-,12+,13-/m1/s1. The van der Waals surface area contributed by atoms with Gasteiger partial charge in [-0.25, -0.2) is 4.98 Å². The number of thiazole rings is 1. The van der Waals surface area contributed by atoms with E-state index in [1.807, 2.05) is 12.3 Å². The average Bonchev–Trinajstić information content (AvgIpc) is 3.13. The molecule has 1 N–H and O–H groups in total. The van der Waals surface area contributed by atoms with Gasteiger partial charge in [-0.2, -0.15) is 0 Å². The number of nitrogens with zero attached hydrogens (tertiary/aromatic N) is 2. The number of hydrogen-bond acceptors (Lipinski definition) is 5. The number of nitrogens with one attached hydrogen (secondary N) is 1. The molecule has 2 aliphatic rings. The van der Waals surface area contributed by atoms with E-state index in [2.05, 4.69) is 10.3 Å². The van der Waals surface area contributed by atoms with Gasteiger partial charge in [0, 0.05) is 31.4 Å². The summed E-state index contributed by atoms with van der Waals surface area (Å²) in [7, 11) is 0. The molecule has 1 aromatic heterocycles. The van der Waals surface area contributed by atoms with Gasteiger partial charge in [-0.15, -0.1) is 11.3 Å². The number of fused-ring (bicyclic) bond motifs is 2. The number of carbonyl (C=O) groups excluding carboxylic acids is 1. The smallest absolute Gasteiger partial charge is 0.225 e. The van der Waals surface area contributed by atoms with Crippen LogP contribution in [0.5, 0.6) is 0 Å². The minimum atomic E-state index is 0.0443. The summed E-state index contributed by atoms with van der Waals surface area (Å²) < 4.78 is 5.83. The molecule has 2 aliphatic heterocycles. The molecule has 1 amide bonds. The summed E-state index contributed by atoms with van der Waals surface area (Å²) in [6.07, 6.45) is 4.38. The van der Waals surface area contributed by atoms with Crippen LogP contribution in [0.15, 0.2) is 5.38 Å². The fourth-order valence-corrected chi connectivity index (χ4v) is 4.01. The quantitative estimate of drug-likeness (QED) is 0.902. The van der Waals surface area contributed by atoms with Crippen molar-refractivity contribution in [2.75, 3.05) is 11.4 Å². The SMILES string of the molecule is CCN(C(C)=O)c1nc(CN[C@H]2C[C@H]3CC[C@H]2O3)cs1. The van der Waals surface area contributed by atoms with Gasteiger partial charge in [-0.3, -0.25) is 9.69 Å². The first-order valence-electron chi connectivity index (χ1n) is 7.28. The Morgan fingerprint density at radius 2 is 2.45 bits per heavy atom. The maximum Gasteiger partial charge on any atom is 0.225 e. The molecule has 5 nitrogen and oxygen atoms in total. The molecule has 3 heterocycles. The average molecular weight is 295 g/mol. The second kappa shape index (κ2) is 5.79. The zero-order valence-corrected chi connectivity index (χ0v) is 12.8.